The minimum atomic E-state index is -0.478. The van der Waals surface area contributed by atoms with Crippen LogP contribution in [0.5, 0.6) is 0 Å². The van der Waals surface area contributed by atoms with Gasteiger partial charge in [0.15, 0.2) is 0 Å². The molecule has 0 aliphatic carbocycles. The van der Waals surface area contributed by atoms with Gasteiger partial charge in [0.1, 0.15) is 5.00 Å². The van der Waals surface area contributed by atoms with Crippen LogP contribution in [-0.2, 0) is 4.79 Å². The number of hydrogen-bond donors (Lipinski definition) is 2. The van der Waals surface area contributed by atoms with Gasteiger partial charge in [-0.2, -0.15) is 0 Å². The normalized spacial score (nSPS) is 10.7. The van der Waals surface area contributed by atoms with Crippen molar-refractivity contribution in [2.24, 2.45) is 5.73 Å². The summed E-state index contributed by atoms with van der Waals surface area (Å²) in [4.78, 5) is 24.6. The number of hydrogen-bond acceptors (Lipinski definition) is 3. The summed E-state index contributed by atoms with van der Waals surface area (Å²) in [5, 5.41) is 3.45. The van der Waals surface area contributed by atoms with Gasteiger partial charge >= 0.3 is 0 Å². The van der Waals surface area contributed by atoms with E-state index in [4.69, 9.17) is 5.73 Å². The summed E-state index contributed by atoms with van der Waals surface area (Å²) in [6, 6.07) is 0. The Morgan fingerprint density at radius 3 is 2.13 bits per heavy atom. The lowest BCUT2D eigenvalue weighted by atomic mass is 10.1. The van der Waals surface area contributed by atoms with E-state index in [0.29, 0.717) is 17.0 Å². The number of anilines is 1. The number of thiophene rings is 1. The van der Waals surface area contributed by atoms with Gasteiger partial charge in [-0.25, -0.2) is 0 Å². The topological polar surface area (TPSA) is 72.2 Å². The highest BCUT2D eigenvalue weighted by atomic mass is 32.1. The van der Waals surface area contributed by atoms with Gasteiger partial charge < -0.3 is 11.1 Å². The summed E-state index contributed by atoms with van der Waals surface area (Å²) >= 11 is 1.42. The van der Waals surface area contributed by atoms with Gasteiger partial charge in [0.05, 0.1) is 5.56 Å². The molecule has 1 aromatic rings. The Morgan fingerprint density at radius 2 is 1.57 bits per heavy atom. The monoisotopic (exact) mass is 338 g/mol. The molecule has 1 rings (SSSR count). The van der Waals surface area contributed by atoms with Gasteiger partial charge in [-0.1, -0.05) is 51.9 Å². The number of carbonyl (C=O) groups excluding carboxylic acids is 2. The zero-order chi connectivity index (χ0) is 17.2. The second kappa shape index (κ2) is 10.4. The predicted octanol–water partition coefficient (Wildman–Crippen LogP) is 4.93. The van der Waals surface area contributed by atoms with Crippen LogP contribution in [0.15, 0.2) is 0 Å². The van der Waals surface area contributed by atoms with E-state index in [2.05, 4.69) is 12.2 Å². The molecule has 1 aromatic heterocycles. The van der Waals surface area contributed by atoms with Crippen molar-refractivity contribution in [2.45, 2.75) is 78.6 Å². The first kappa shape index (κ1) is 19.7. The number of carbonyl (C=O) groups is 2. The number of unbranched alkanes of at least 4 members (excludes halogenated alkanes) is 7. The quantitative estimate of drug-likeness (QED) is 0.561. The maximum Gasteiger partial charge on any atom is 0.251 e. The van der Waals surface area contributed by atoms with Crippen molar-refractivity contribution in [1.82, 2.24) is 0 Å². The highest BCUT2D eigenvalue weighted by Gasteiger charge is 2.18. The maximum absolute atomic E-state index is 12.0. The van der Waals surface area contributed by atoms with Gasteiger partial charge in [-0.3, -0.25) is 9.59 Å². The third-order valence-corrected chi connectivity index (χ3v) is 5.26. The van der Waals surface area contributed by atoms with Crippen molar-refractivity contribution in [2.75, 3.05) is 5.32 Å². The Morgan fingerprint density at radius 1 is 1.00 bits per heavy atom. The van der Waals surface area contributed by atoms with Gasteiger partial charge in [0.2, 0.25) is 5.91 Å². The molecule has 0 aromatic carbocycles. The summed E-state index contributed by atoms with van der Waals surface area (Å²) in [5.74, 6) is -0.506. The summed E-state index contributed by atoms with van der Waals surface area (Å²) < 4.78 is 0. The maximum atomic E-state index is 12.0. The predicted molar refractivity (Wildman–Crippen MR) is 98.2 cm³/mol. The molecule has 130 valence electrons. The van der Waals surface area contributed by atoms with Crippen molar-refractivity contribution in [3.05, 3.63) is 16.0 Å². The Balaban J connectivity index is 2.30. The number of nitrogens with one attached hydrogen (secondary N) is 1. The molecule has 23 heavy (non-hydrogen) atoms. The fourth-order valence-corrected chi connectivity index (χ4v) is 3.70. The standard InChI is InChI=1S/C18H30N2O2S/c1-4-5-6-7-8-9-10-11-12-15(21)20-18-16(17(19)22)13(2)14(3)23-18/h4-12H2,1-3H3,(H2,19,22)(H,20,21). The Hall–Kier alpha value is -1.36. The van der Waals surface area contributed by atoms with Crippen LogP contribution >= 0.6 is 11.3 Å². The molecule has 0 bridgehead atoms. The van der Waals surface area contributed by atoms with Crippen molar-refractivity contribution in [3.8, 4) is 0 Å². The number of rotatable bonds is 11. The van der Waals surface area contributed by atoms with Crippen LogP contribution in [0.1, 0.15) is 85.5 Å². The first-order valence-electron chi connectivity index (χ1n) is 8.67. The highest BCUT2D eigenvalue weighted by Crippen LogP contribution is 2.32. The molecular formula is C18H30N2O2S. The van der Waals surface area contributed by atoms with E-state index >= 15 is 0 Å². The average Bonchev–Trinajstić information content (AvgIpc) is 2.76. The average molecular weight is 339 g/mol. The van der Waals surface area contributed by atoms with E-state index in [1.54, 1.807) is 0 Å². The molecule has 0 radical (unpaired) electrons. The molecule has 2 amide bonds. The molecule has 0 saturated heterocycles. The Kier molecular flexibility index (Phi) is 8.92. The van der Waals surface area contributed by atoms with E-state index in [1.807, 2.05) is 13.8 Å². The lowest BCUT2D eigenvalue weighted by Gasteiger charge is -2.05. The second-order valence-electron chi connectivity index (χ2n) is 6.12. The van der Waals surface area contributed by atoms with Gasteiger partial charge in [-0.05, 0) is 25.8 Å². The Labute approximate surface area is 143 Å². The zero-order valence-corrected chi connectivity index (χ0v) is 15.5. The molecule has 4 nitrogen and oxygen atoms in total. The van der Waals surface area contributed by atoms with Crippen molar-refractivity contribution >= 4 is 28.2 Å². The van der Waals surface area contributed by atoms with Crippen LogP contribution in [0.4, 0.5) is 5.00 Å². The summed E-state index contributed by atoms with van der Waals surface area (Å²) in [5.41, 5.74) is 6.73. The molecule has 1 heterocycles. The molecule has 3 N–H and O–H groups in total. The fourth-order valence-electron chi connectivity index (χ4n) is 2.62. The lowest BCUT2D eigenvalue weighted by molar-refractivity contribution is -0.116. The second-order valence-corrected chi connectivity index (χ2v) is 7.35. The number of primary amides is 1. The van der Waals surface area contributed by atoms with E-state index in [9.17, 15) is 9.59 Å². The molecule has 0 atom stereocenters. The van der Waals surface area contributed by atoms with E-state index in [0.717, 1.165) is 23.3 Å². The van der Waals surface area contributed by atoms with Crippen molar-refractivity contribution < 1.29 is 9.59 Å². The van der Waals surface area contributed by atoms with Crippen LogP contribution in [-0.4, -0.2) is 11.8 Å². The molecule has 5 heteroatoms. The third-order valence-electron chi connectivity index (χ3n) is 4.14. The van der Waals surface area contributed by atoms with Crippen LogP contribution in [0.2, 0.25) is 0 Å². The van der Waals surface area contributed by atoms with E-state index in [-0.39, 0.29) is 5.91 Å². The van der Waals surface area contributed by atoms with E-state index < -0.39 is 5.91 Å². The fraction of sp³-hybridized carbons (Fsp3) is 0.667. The smallest absolute Gasteiger partial charge is 0.251 e. The SMILES string of the molecule is CCCCCCCCCCC(=O)Nc1sc(C)c(C)c1C(N)=O. The molecular weight excluding hydrogens is 308 g/mol. The molecule has 0 fully saturated rings. The van der Waals surface area contributed by atoms with Crippen LogP contribution < -0.4 is 11.1 Å². The van der Waals surface area contributed by atoms with Crippen LogP contribution in [0, 0.1) is 13.8 Å². The minimum absolute atomic E-state index is 0.0280. The van der Waals surface area contributed by atoms with E-state index in [1.165, 1.54) is 49.9 Å². The summed E-state index contributed by atoms with van der Waals surface area (Å²) in [7, 11) is 0. The first-order chi connectivity index (χ1) is 11.0. The molecule has 0 spiro atoms. The number of nitrogens with two attached hydrogens (primary N) is 1. The van der Waals surface area contributed by atoms with Gasteiger partial charge in [-0.15, -0.1) is 11.3 Å². The number of amides is 2. The highest BCUT2D eigenvalue weighted by molar-refractivity contribution is 7.16. The lowest BCUT2D eigenvalue weighted by Crippen LogP contribution is -2.17. The summed E-state index contributed by atoms with van der Waals surface area (Å²) in [6.45, 7) is 6.01. The summed E-state index contributed by atoms with van der Waals surface area (Å²) in [6.07, 6.45) is 10.2. The first-order valence-corrected chi connectivity index (χ1v) is 9.48. The minimum Gasteiger partial charge on any atom is -0.365 e. The molecule has 0 unspecified atom stereocenters. The Bertz CT molecular complexity index is 523. The molecule has 0 aliphatic heterocycles. The van der Waals surface area contributed by atoms with Crippen LogP contribution in [0.25, 0.3) is 0 Å². The molecule has 0 aliphatic rings. The van der Waals surface area contributed by atoms with Gasteiger partial charge in [0, 0.05) is 11.3 Å². The van der Waals surface area contributed by atoms with Crippen LogP contribution in [0.3, 0.4) is 0 Å². The number of aryl methyl sites for hydroxylation is 1. The zero-order valence-electron chi connectivity index (χ0n) is 14.7. The van der Waals surface area contributed by atoms with Gasteiger partial charge in [0.25, 0.3) is 5.91 Å². The van der Waals surface area contributed by atoms with Crippen molar-refractivity contribution in [1.29, 1.82) is 0 Å². The molecule has 0 saturated carbocycles. The largest absolute Gasteiger partial charge is 0.365 e. The van der Waals surface area contributed by atoms with Crippen molar-refractivity contribution in [3.63, 3.8) is 0 Å². The third kappa shape index (κ3) is 6.73.